The van der Waals surface area contributed by atoms with Gasteiger partial charge in [0.1, 0.15) is 16.7 Å². The molecule has 0 aliphatic carbocycles. The molecule has 0 aromatic heterocycles. The molecule has 24 heavy (non-hydrogen) atoms. The first-order valence-electron chi connectivity index (χ1n) is 7.17. The molecule has 1 aliphatic heterocycles. The Bertz CT molecular complexity index is 790. The number of halogens is 4. The van der Waals surface area contributed by atoms with E-state index in [0.29, 0.717) is 17.3 Å². The van der Waals surface area contributed by atoms with E-state index < -0.39 is 11.7 Å². The zero-order chi connectivity index (χ0) is 17.3. The van der Waals surface area contributed by atoms with Crippen LogP contribution in [0.1, 0.15) is 29.2 Å². The molecule has 0 spiro atoms. The second kappa shape index (κ2) is 6.36. The van der Waals surface area contributed by atoms with E-state index >= 15 is 0 Å². The van der Waals surface area contributed by atoms with E-state index in [1.54, 1.807) is 6.07 Å². The summed E-state index contributed by atoms with van der Waals surface area (Å²) in [6.07, 6.45) is -4.28. The molecule has 0 radical (unpaired) electrons. The summed E-state index contributed by atoms with van der Waals surface area (Å²) < 4.78 is 44.0. The molecule has 7 heteroatoms. The van der Waals surface area contributed by atoms with Crippen LogP contribution in [0.4, 0.5) is 13.2 Å². The van der Waals surface area contributed by atoms with Crippen LogP contribution in [0.3, 0.4) is 0 Å². The molecular formula is C17H13ClF3NO2. The quantitative estimate of drug-likeness (QED) is 0.694. The van der Waals surface area contributed by atoms with Crippen LogP contribution in [-0.2, 0) is 11.0 Å². The van der Waals surface area contributed by atoms with Crippen LogP contribution in [0, 0.1) is 6.92 Å². The van der Waals surface area contributed by atoms with Gasteiger partial charge in [-0.3, -0.25) is 0 Å². The van der Waals surface area contributed by atoms with Gasteiger partial charge in [-0.15, -0.1) is 0 Å². The standard InChI is InChI=1S/C17H13ClF3NO2/c1-10-5-6-11(15-9-16(18)22-24-15)7-14(10)23-13-4-2-3-12(8-13)17(19,20)21/h2-8,15H,9H2,1H3. The van der Waals surface area contributed by atoms with Crippen LogP contribution in [0.2, 0.25) is 0 Å². The number of hydrogen-bond donors (Lipinski definition) is 0. The molecule has 0 bridgehead atoms. The van der Waals surface area contributed by atoms with Crippen molar-refractivity contribution in [2.75, 3.05) is 0 Å². The van der Waals surface area contributed by atoms with E-state index in [9.17, 15) is 13.2 Å². The Labute approximate surface area is 141 Å². The number of benzene rings is 2. The Hall–Kier alpha value is -2.21. The lowest BCUT2D eigenvalue weighted by atomic mass is 10.0. The highest BCUT2D eigenvalue weighted by Gasteiger charge is 2.30. The van der Waals surface area contributed by atoms with E-state index in [4.69, 9.17) is 21.2 Å². The van der Waals surface area contributed by atoms with Gasteiger partial charge < -0.3 is 9.57 Å². The first kappa shape index (κ1) is 16.6. The van der Waals surface area contributed by atoms with Crippen molar-refractivity contribution in [3.63, 3.8) is 0 Å². The van der Waals surface area contributed by atoms with Gasteiger partial charge in [-0.05, 0) is 42.3 Å². The second-order valence-electron chi connectivity index (χ2n) is 5.42. The number of rotatable bonds is 3. The molecule has 1 atom stereocenters. The monoisotopic (exact) mass is 355 g/mol. The summed E-state index contributed by atoms with van der Waals surface area (Å²) >= 11 is 5.80. The molecule has 0 saturated carbocycles. The van der Waals surface area contributed by atoms with Crippen molar-refractivity contribution >= 4 is 16.8 Å². The van der Waals surface area contributed by atoms with Gasteiger partial charge >= 0.3 is 6.18 Å². The van der Waals surface area contributed by atoms with E-state index in [1.165, 1.54) is 12.1 Å². The molecule has 1 aliphatic rings. The normalized spacial score (nSPS) is 17.4. The SMILES string of the molecule is Cc1ccc(C2CC(Cl)=NO2)cc1Oc1cccc(C(F)(F)F)c1. The van der Waals surface area contributed by atoms with Gasteiger partial charge in [0.25, 0.3) is 0 Å². The van der Waals surface area contributed by atoms with Crippen LogP contribution in [-0.4, -0.2) is 5.17 Å². The highest BCUT2D eigenvalue weighted by molar-refractivity contribution is 6.65. The lowest BCUT2D eigenvalue weighted by Gasteiger charge is -2.14. The zero-order valence-electron chi connectivity index (χ0n) is 12.6. The Balaban J connectivity index is 1.85. The van der Waals surface area contributed by atoms with E-state index in [-0.39, 0.29) is 11.9 Å². The largest absolute Gasteiger partial charge is 0.457 e. The third-order valence-corrected chi connectivity index (χ3v) is 3.83. The van der Waals surface area contributed by atoms with Crippen molar-refractivity contribution in [2.24, 2.45) is 5.16 Å². The van der Waals surface area contributed by atoms with Gasteiger partial charge in [0.2, 0.25) is 0 Å². The maximum absolute atomic E-state index is 12.8. The molecule has 1 unspecified atom stereocenters. The van der Waals surface area contributed by atoms with Crippen molar-refractivity contribution in [2.45, 2.75) is 25.6 Å². The van der Waals surface area contributed by atoms with Crippen molar-refractivity contribution < 1.29 is 22.7 Å². The lowest BCUT2D eigenvalue weighted by Crippen LogP contribution is -2.04. The molecule has 0 fully saturated rings. The van der Waals surface area contributed by atoms with Crippen LogP contribution in [0.25, 0.3) is 0 Å². The number of nitrogens with zero attached hydrogens (tertiary/aromatic N) is 1. The minimum Gasteiger partial charge on any atom is -0.457 e. The Morgan fingerprint density at radius 1 is 1.21 bits per heavy atom. The second-order valence-corrected chi connectivity index (χ2v) is 5.85. The average molecular weight is 356 g/mol. The number of hydrogen-bond acceptors (Lipinski definition) is 3. The molecule has 1 heterocycles. The minimum atomic E-state index is -4.41. The third-order valence-electron chi connectivity index (χ3n) is 3.61. The molecule has 0 saturated heterocycles. The van der Waals surface area contributed by atoms with Crippen LogP contribution in [0.5, 0.6) is 11.5 Å². The Morgan fingerprint density at radius 2 is 2.00 bits per heavy atom. The van der Waals surface area contributed by atoms with Gasteiger partial charge in [-0.1, -0.05) is 35.0 Å². The number of ether oxygens (including phenoxy) is 1. The maximum Gasteiger partial charge on any atom is 0.416 e. The molecular weight excluding hydrogens is 343 g/mol. The van der Waals surface area contributed by atoms with E-state index in [0.717, 1.165) is 23.3 Å². The van der Waals surface area contributed by atoms with Gasteiger partial charge in [0.15, 0.2) is 6.10 Å². The van der Waals surface area contributed by atoms with Gasteiger partial charge in [-0.2, -0.15) is 13.2 Å². The highest BCUT2D eigenvalue weighted by Crippen LogP contribution is 2.35. The molecule has 0 N–H and O–H groups in total. The molecule has 126 valence electrons. The van der Waals surface area contributed by atoms with Gasteiger partial charge in [0, 0.05) is 6.42 Å². The first-order valence-corrected chi connectivity index (χ1v) is 7.54. The van der Waals surface area contributed by atoms with Crippen LogP contribution >= 0.6 is 11.6 Å². The summed E-state index contributed by atoms with van der Waals surface area (Å²) in [7, 11) is 0. The van der Waals surface area contributed by atoms with Crippen molar-refractivity contribution in [1.82, 2.24) is 0 Å². The zero-order valence-corrected chi connectivity index (χ0v) is 13.4. The Morgan fingerprint density at radius 3 is 2.67 bits per heavy atom. The van der Waals surface area contributed by atoms with Gasteiger partial charge in [0.05, 0.1) is 5.56 Å². The molecule has 3 rings (SSSR count). The fourth-order valence-electron chi connectivity index (χ4n) is 2.32. The minimum absolute atomic E-state index is 0.117. The summed E-state index contributed by atoms with van der Waals surface area (Å²) in [6.45, 7) is 1.81. The maximum atomic E-state index is 12.8. The van der Waals surface area contributed by atoms with Crippen molar-refractivity contribution in [3.05, 3.63) is 59.2 Å². The van der Waals surface area contributed by atoms with Crippen LogP contribution in [0.15, 0.2) is 47.6 Å². The molecule has 2 aromatic carbocycles. The van der Waals surface area contributed by atoms with E-state index in [1.807, 2.05) is 19.1 Å². The third kappa shape index (κ3) is 3.64. The summed E-state index contributed by atoms with van der Waals surface area (Å²) in [5.74, 6) is 0.574. The molecule has 2 aromatic rings. The summed E-state index contributed by atoms with van der Waals surface area (Å²) in [4.78, 5) is 5.21. The number of alkyl halides is 3. The average Bonchev–Trinajstić information content (AvgIpc) is 2.95. The fourth-order valence-corrected chi connectivity index (χ4v) is 2.50. The summed E-state index contributed by atoms with van der Waals surface area (Å²) in [5.41, 5.74) is 0.830. The molecule has 0 amide bonds. The molecule has 3 nitrogen and oxygen atoms in total. The summed E-state index contributed by atoms with van der Waals surface area (Å²) in [6, 6.07) is 10.2. The highest BCUT2D eigenvalue weighted by atomic mass is 35.5. The lowest BCUT2D eigenvalue weighted by molar-refractivity contribution is -0.137. The number of aryl methyl sites for hydroxylation is 1. The number of oxime groups is 1. The predicted molar refractivity (Wildman–Crippen MR) is 84.4 cm³/mol. The Kier molecular flexibility index (Phi) is 4.41. The first-order chi connectivity index (χ1) is 11.3. The van der Waals surface area contributed by atoms with Crippen molar-refractivity contribution in [1.29, 1.82) is 0 Å². The predicted octanol–water partition coefficient (Wildman–Crippen LogP) is 5.82. The van der Waals surface area contributed by atoms with Gasteiger partial charge in [-0.25, -0.2) is 0 Å². The summed E-state index contributed by atoms with van der Waals surface area (Å²) in [5, 5.41) is 4.06. The van der Waals surface area contributed by atoms with E-state index in [2.05, 4.69) is 5.16 Å². The van der Waals surface area contributed by atoms with Crippen molar-refractivity contribution in [3.8, 4) is 11.5 Å². The van der Waals surface area contributed by atoms with Crippen LogP contribution < -0.4 is 4.74 Å². The smallest absolute Gasteiger partial charge is 0.416 e. The fraction of sp³-hybridized carbons (Fsp3) is 0.235. The topological polar surface area (TPSA) is 30.8 Å².